The Morgan fingerprint density at radius 3 is 2.54 bits per heavy atom. The summed E-state index contributed by atoms with van der Waals surface area (Å²) in [5.41, 5.74) is 0.904. The summed E-state index contributed by atoms with van der Waals surface area (Å²) in [5, 5.41) is 0.360. The highest BCUT2D eigenvalue weighted by atomic mass is 32.2. The molecule has 9 heteroatoms. The number of methoxy groups -OCH3 is 1. The third kappa shape index (κ3) is 3.72. The van der Waals surface area contributed by atoms with Crippen molar-refractivity contribution in [2.75, 3.05) is 13.4 Å². The third-order valence-electron chi connectivity index (χ3n) is 3.65. The van der Waals surface area contributed by atoms with E-state index in [1.807, 2.05) is 0 Å². The average molecular weight is 378 g/mol. The highest BCUT2D eigenvalue weighted by Gasteiger charge is 2.12. The van der Waals surface area contributed by atoms with Crippen LogP contribution >= 0.6 is 0 Å². The van der Waals surface area contributed by atoms with Gasteiger partial charge in [0.2, 0.25) is 5.88 Å². The molecule has 0 radical (unpaired) electrons. The Hall–Kier alpha value is -2.81. The standard InChI is InChI=1S/C17H16F2N4O2S/c1-24-16-7-15-13(6-14(16)19)17(23-9-22-15)25-8-10-3-11(18)5-12(4-10)26(2,20)21/h3-7,9,20-21H,8H2,1-2H3. The molecule has 1 aromatic heterocycles. The van der Waals surface area contributed by atoms with Crippen molar-refractivity contribution in [2.24, 2.45) is 0 Å². The number of fused-ring (bicyclic) bond motifs is 1. The minimum Gasteiger partial charge on any atom is -0.494 e. The van der Waals surface area contributed by atoms with E-state index >= 15 is 0 Å². The lowest BCUT2D eigenvalue weighted by atomic mass is 10.2. The number of benzene rings is 2. The van der Waals surface area contributed by atoms with E-state index in [1.54, 1.807) is 6.07 Å². The summed E-state index contributed by atoms with van der Waals surface area (Å²) in [6.07, 6.45) is 2.71. The Balaban J connectivity index is 1.93. The molecule has 1 heterocycles. The van der Waals surface area contributed by atoms with E-state index in [0.717, 1.165) is 0 Å². The number of nitrogens with one attached hydrogen (secondary N) is 2. The molecule has 2 N–H and O–H groups in total. The maximum atomic E-state index is 14.0. The lowest BCUT2D eigenvalue weighted by molar-refractivity contribution is 0.296. The predicted molar refractivity (Wildman–Crippen MR) is 93.8 cm³/mol. The van der Waals surface area contributed by atoms with Crippen LogP contribution in [0, 0.1) is 21.2 Å². The molecule has 0 bridgehead atoms. The molecule has 0 aliphatic carbocycles. The maximum absolute atomic E-state index is 14.0. The second-order valence-corrected chi connectivity index (χ2v) is 7.99. The van der Waals surface area contributed by atoms with Gasteiger partial charge in [-0.2, -0.15) is 0 Å². The number of halogens is 2. The number of rotatable bonds is 5. The van der Waals surface area contributed by atoms with Crippen LogP contribution in [-0.4, -0.2) is 23.3 Å². The van der Waals surface area contributed by atoms with E-state index in [9.17, 15) is 8.78 Å². The lowest BCUT2D eigenvalue weighted by Gasteiger charge is -2.11. The minimum absolute atomic E-state index is 0.0416. The molecule has 26 heavy (non-hydrogen) atoms. The quantitative estimate of drug-likeness (QED) is 0.697. The molecular formula is C17H16F2N4O2S. The molecule has 0 aliphatic heterocycles. The van der Waals surface area contributed by atoms with Crippen LogP contribution in [0.15, 0.2) is 41.6 Å². The molecule has 0 aliphatic rings. The van der Waals surface area contributed by atoms with Gasteiger partial charge in [0.15, 0.2) is 11.6 Å². The van der Waals surface area contributed by atoms with Crippen LogP contribution in [0.2, 0.25) is 0 Å². The average Bonchev–Trinajstić information content (AvgIpc) is 2.58. The van der Waals surface area contributed by atoms with Crippen LogP contribution in [0.4, 0.5) is 8.78 Å². The van der Waals surface area contributed by atoms with Crippen LogP contribution in [0.5, 0.6) is 11.6 Å². The van der Waals surface area contributed by atoms with Gasteiger partial charge in [-0.15, -0.1) is 0 Å². The van der Waals surface area contributed by atoms with Gasteiger partial charge in [0.1, 0.15) is 18.8 Å². The van der Waals surface area contributed by atoms with E-state index in [1.165, 1.54) is 44.0 Å². The molecule has 3 aromatic rings. The number of hydrogen-bond acceptors (Lipinski definition) is 6. The predicted octanol–water partition coefficient (Wildman–Crippen LogP) is 4.16. The molecule has 0 amide bonds. The molecule has 0 fully saturated rings. The molecule has 0 atom stereocenters. The summed E-state index contributed by atoms with van der Waals surface area (Å²) in [6.45, 7) is -0.0416. The number of ether oxygens (including phenoxy) is 2. The van der Waals surface area contributed by atoms with Gasteiger partial charge >= 0.3 is 0 Å². The Morgan fingerprint density at radius 1 is 1.08 bits per heavy atom. The summed E-state index contributed by atoms with van der Waals surface area (Å²) in [4.78, 5) is 8.36. The molecule has 0 saturated heterocycles. The molecule has 0 saturated carbocycles. The Kier molecular flexibility index (Phi) is 4.73. The van der Waals surface area contributed by atoms with Crippen LogP contribution in [0.1, 0.15) is 5.56 Å². The fourth-order valence-electron chi connectivity index (χ4n) is 2.40. The Bertz CT molecular complexity index is 1090. The number of aromatic nitrogens is 2. The van der Waals surface area contributed by atoms with Gasteiger partial charge in [0, 0.05) is 17.2 Å². The zero-order chi connectivity index (χ0) is 18.9. The maximum Gasteiger partial charge on any atom is 0.224 e. The van der Waals surface area contributed by atoms with Crippen molar-refractivity contribution in [3.8, 4) is 11.6 Å². The largest absolute Gasteiger partial charge is 0.494 e. The molecule has 0 unspecified atom stereocenters. The number of hydrogen-bond donors (Lipinski definition) is 2. The van der Waals surface area contributed by atoms with Gasteiger partial charge < -0.3 is 9.47 Å². The second kappa shape index (κ2) is 6.83. The van der Waals surface area contributed by atoms with Gasteiger partial charge in [0.25, 0.3) is 0 Å². The highest BCUT2D eigenvalue weighted by Crippen LogP contribution is 2.28. The van der Waals surface area contributed by atoms with Crippen LogP contribution in [-0.2, 0) is 16.2 Å². The first-order chi connectivity index (χ1) is 12.3. The molecule has 136 valence electrons. The van der Waals surface area contributed by atoms with Crippen molar-refractivity contribution in [3.05, 3.63) is 53.9 Å². The summed E-state index contributed by atoms with van der Waals surface area (Å²) < 4.78 is 53.9. The molecular weight excluding hydrogens is 362 g/mol. The minimum atomic E-state index is -2.56. The third-order valence-corrected chi connectivity index (χ3v) is 4.83. The van der Waals surface area contributed by atoms with Crippen molar-refractivity contribution < 1.29 is 18.3 Å². The van der Waals surface area contributed by atoms with Gasteiger partial charge in [-0.1, -0.05) is 0 Å². The molecule has 0 spiro atoms. The van der Waals surface area contributed by atoms with Crippen molar-refractivity contribution in [2.45, 2.75) is 11.5 Å². The van der Waals surface area contributed by atoms with Gasteiger partial charge in [-0.3, -0.25) is 9.56 Å². The highest BCUT2D eigenvalue weighted by molar-refractivity contribution is 7.92. The van der Waals surface area contributed by atoms with E-state index < -0.39 is 21.3 Å². The summed E-state index contributed by atoms with van der Waals surface area (Å²) in [7, 11) is -1.20. The van der Waals surface area contributed by atoms with Crippen LogP contribution in [0.25, 0.3) is 10.9 Å². The van der Waals surface area contributed by atoms with Gasteiger partial charge in [0.05, 0.1) is 18.0 Å². The van der Waals surface area contributed by atoms with E-state index in [2.05, 4.69) is 9.97 Å². The smallest absolute Gasteiger partial charge is 0.224 e. The Morgan fingerprint density at radius 2 is 1.85 bits per heavy atom. The van der Waals surface area contributed by atoms with E-state index in [-0.39, 0.29) is 18.2 Å². The zero-order valence-electron chi connectivity index (χ0n) is 14.0. The molecule has 2 aromatic carbocycles. The fraction of sp³-hybridized carbons (Fsp3) is 0.176. The van der Waals surface area contributed by atoms with Crippen LogP contribution in [0.3, 0.4) is 0 Å². The molecule has 3 rings (SSSR count). The van der Waals surface area contributed by atoms with Crippen molar-refractivity contribution >= 4 is 20.5 Å². The second-order valence-electron chi connectivity index (χ2n) is 5.69. The van der Waals surface area contributed by atoms with Crippen molar-refractivity contribution in [3.63, 3.8) is 0 Å². The normalized spacial score (nSPS) is 11.5. The summed E-state index contributed by atoms with van der Waals surface area (Å²) >= 11 is 0. The topological polar surface area (TPSA) is 91.9 Å². The van der Waals surface area contributed by atoms with Crippen molar-refractivity contribution in [1.29, 1.82) is 9.56 Å². The summed E-state index contributed by atoms with van der Waals surface area (Å²) in [6, 6.07) is 6.66. The summed E-state index contributed by atoms with van der Waals surface area (Å²) in [5.74, 6) is -0.905. The van der Waals surface area contributed by atoms with E-state index in [0.29, 0.717) is 21.4 Å². The SMILES string of the molecule is COc1cc2ncnc(OCc3cc(F)cc(S(C)(=N)=N)c3)c2cc1F. The monoisotopic (exact) mass is 378 g/mol. The Labute approximate surface area is 149 Å². The first-order valence-electron chi connectivity index (χ1n) is 7.46. The van der Waals surface area contributed by atoms with Gasteiger partial charge in [-0.05, 0) is 39.4 Å². The first-order valence-corrected chi connectivity index (χ1v) is 9.50. The zero-order valence-corrected chi connectivity index (χ0v) is 14.9. The molecule has 6 nitrogen and oxygen atoms in total. The number of nitrogens with zero attached hydrogens (tertiary/aromatic N) is 2. The van der Waals surface area contributed by atoms with E-state index in [4.69, 9.17) is 19.0 Å². The fourth-order valence-corrected chi connectivity index (χ4v) is 3.13. The van der Waals surface area contributed by atoms with Crippen molar-refractivity contribution in [1.82, 2.24) is 9.97 Å². The van der Waals surface area contributed by atoms with Crippen LogP contribution < -0.4 is 9.47 Å². The first kappa shape index (κ1) is 18.0. The van der Waals surface area contributed by atoms with Gasteiger partial charge in [-0.25, -0.2) is 18.7 Å². The lowest BCUT2D eigenvalue weighted by Crippen LogP contribution is -2.02.